The first kappa shape index (κ1) is 11.7. The molecule has 3 heteroatoms. The molecule has 40 valence electrons. The van der Waals surface area contributed by atoms with Gasteiger partial charge in [-0.15, -0.1) is 0 Å². The van der Waals surface area contributed by atoms with E-state index in [0.29, 0.717) is 0 Å². The van der Waals surface area contributed by atoms with Gasteiger partial charge in [0, 0.05) is 0 Å². The van der Waals surface area contributed by atoms with Crippen LogP contribution in [0.15, 0.2) is 0 Å². The van der Waals surface area contributed by atoms with Crippen molar-refractivity contribution in [3.63, 3.8) is 0 Å². The average molecular weight is 330 g/mol. The van der Waals surface area contributed by atoms with Gasteiger partial charge in [0.05, 0.1) is 0 Å². The van der Waals surface area contributed by atoms with E-state index in [1.807, 2.05) is 0 Å². The molecule has 0 heterocycles. The molecule has 0 aliphatic carbocycles. The fourth-order valence-corrected chi connectivity index (χ4v) is 1.19. The van der Waals surface area contributed by atoms with Crippen molar-refractivity contribution in [2.45, 2.75) is 24.2 Å². The zero-order valence-corrected chi connectivity index (χ0v) is 11.0. The van der Waals surface area contributed by atoms with Crippen LogP contribution in [0.1, 0.15) is 19.8 Å². The first-order chi connectivity index (χ1) is 3.41. The first-order valence-corrected chi connectivity index (χ1v) is 7.88. The Labute approximate surface area is 76.3 Å². The van der Waals surface area contributed by atoms with Crippen molar-refractivity contribution in [1.82, 2.24) is 0 Å². The Bertz CT molecular complexity index is 17.2. The SMILES string of the molecule is CCC[CH2][Sn].[Cl][Sn]. The van der Waals surface area contributed by atoms with Gasteiger partial charge < -0.3 is 0 Å². The van der Waals surface area contributed by atoms with Crippen molar-refractivity contribution < 1.29 is 0 Å². The zero-order valence-electron chi connectivity index (χ0n) is 4.50. The summed E-state index contributed by atoms with van der Waals surface area (Å²) in [5.74, 6) is 0. The molecule has 0 saturated heterocycles. The molecule has 0 atom stereocenters. The molecule has 0 aliphatic heterocycles. The Morgan fingerprint density at radius 3 is 1.86 bits per heavy atom. The van der Waals surface area contributed by atoms with Crippen LogP contribution in [0.25, 0.3) is 0 Å². The van der Waals surface area contributed by atoms with E-state index < -0.39 is 0 Å². The summed E-state index contributed by atoms with van der Waals surface area (Å²) in [7, 11) is 4.73. The second kappa shape index (κ2) is 15.7. The quantitative estimate of drug-likeness (QED) is 0.676. The molecule has 7 heavy (non-hydrogen) atoms. The predicted octanol–water partition coefficient (Wildman–Crippen LogP) is 1.68. The molecule has 0 aliphatic rings. The van der Waals surface area contributed by atoms with Crippen LogP contribution in [0, 0.1) is 0 Å². The molecule has 0 saturated carbocycles. The molecule has 0 aromatic rings. The summed E-state index contributed by atoms with van der Waals surface area (Å²) in [6, 6.07) is 0. The number of rotatable bonds is 2. The molecule has 0 spiro atoms. The van der Waals surface area contributed by atoms with Crippen LogP contribution in [0.3, 0.4) is 0 Å². The molecule has 0 bridgehead atoms. The monoisotopic (exact) mass is 332 g/mol. The molecule has 0 unspecified atom stereocenters. The van der Waals surface area contributed by atoms with Gasteiger partial charge in [-0.3, -0.25) is 0 Å². The normalized spacial score (nSPS) is 6.86. The minimum absolute atomic E-state index is 1.02. The summed E-state index contributed by atoms with van der Waals surface area (Å²) in [5.41, 5.74) is 0. The van der Waals surface area contributed by atoms with E-state index in [0.717, 1.165) is 21.4 Å². The van der Waals surface area contributed by atoms with Crippen molar-refractivity contribution in [3.05, 3.63) is 0 Å². The molecular weight excluding hydrogens is 321 g/mol. The van der Waals surface area contributed by atoms with E-state index in [-0.39, 0.29) is 0 Å². The summed E-state index contributed by atoms with van der Waals surface area (Å²) in [6.45, 7) is 2.23. The van der Waals surface area contributed by atoms with Crippen molar-refractivity contribution >= 4 is 52.8 Å². The van der Waals surface area contributed by atoms with Crippen LogP contribution in [-0.2, 0) is 0 Å². The third-order valence-electron chi connectivity index (χ3n) is 0.530. The van der Waals surface area contributed by atoms with Crippen molar-refractivity contribution in [1.29, 1.82) is 0 Å². The van der Waals surface area contributed by atoms with E-state index in [1.165, 1.54) is 17.3 Å². The van der Waals surface area contributed by atoms with Crippen molar-refractivity contribution in [3.8, 4) is 0 Å². The molecule has 6 radical (unpaired) electrons. The molecule has 0 nitrogen and oxygen atoms in total. The van der Waals surface area contributed by atoms with Gasteiger partial charge in [0.1, 0.15) is 0 Å². The Kier molecular flexibility index (Phi) is 26.1. The third kappa shape index (κ3) is 18.1. The fourth-order valence-electron chi connectivity index (χ4n) is 0.177. The molecule has 0 amide bonds. The van der Waals surface area contributed by atoms with Gasteiger partial charge >= 0.3 is 77.0 Å². The van der Waals surface area contributed by atoms with Crippen LogP contribution in [-0.4, -0.2) is 43.9 Å². The van der Waals surface area contributed by atoms with Crippen LogP contribution >= 0.6 is 8.92 Å². The summed E-state index contributed by atoms with van der Waals surface area (Å²) < 4.78 is 1.43. The predicted molar refractivity (Wildman–Crippen MR) is 37.1 cm³/mol. The van der Waals surface area contributed by atoms with Crippen molar-refractivity contribution in [2.75, 3.05) is 0 Å². The van der Waals surface area contributed by atoms with Crippen LogP contribution in [0.2, 0.25) is 4.44 Å². The van der Waals surface area contributed by atoms with Gasteiger partial charge in [0.15, 0.2) is 0 Å². The molecule has 0 rings (SSSR count). The van der Waals surface area contributed by atoms with Gasteiger partial charge in [-0.2, -0.15) is 0 Å². The Hall–Kier alpha value is 1.89. The Morgan fingerprint density at radius 2 is 1.86 bits per heavy atom. The Balaban J connectivity index is 0. The third-order valence-corrected chi connectivity index (χ3v) is 1.54. The summed E-state index contributed by atoms with van der Waals surface area (Å²) >= 11 is 2.71. The number of hydrogen-bond acceptors (Lipinski definition) is 0. The van der Waals surface area contributed by atoms with Gasteiger partial charge in [0.25, 0.3) is 0 Å². The van der Waals surface area contributed by atoms with Gasteiger partial charge in [-0.1, -0.05) is 0 Å². The number of unbranched alkanes of at least 4 members (excludes halogenated alkanes) is 1. The summed E-state index contributed by atoms with van der Waals surface area (Å²) in [5, 5.41) is 0. The van der Waals surface area contributed by atoms with E-state index in [9.17, 15) is 0 Å². The number of halogens is 1. The molecular formula is C4H9ClSn2. The van der Waals surface area contributed by atoms with E-state index >= 15 is 0 Å². The van der Waals surface area contributed by atoms with Crippen LogP contribution < -0.4 is 0 Å². The maximum atomic E-state index is 4.73. The van der Waals surface area contributed by atoms with Crippen LogP contribution in [0.4, 0.5) is 0 Å². The zero-order chi connectivity index (χ0) is 6.12. The number of hydrogen-bond donors (Lipinski definition) is 0. The second-order valence-electron chi connectivity index (χ2n) is 1.10. The average Bonchev–Trinajstić information content (AvgIpc) is 1.75. The molecule has 0 aromatic heterocycles. The topological polar surface area (TPSA) is 0 Å². The van der Waals surface area contributed by atoms with E-state index in [4.69, 9.17) is 8.92 Å². The Morgan fingerprint density at radius 1 is 1.43 bits per heavy atom. The molecule has 0 aromatic carbocycles. The van der Waals surface area contributed by atoms with E-state index in [1.54, 1.807) is 22.5 Å². The van der Waals surface area contributed by atoms with Crippen LogP contribution in [0.5, 0.6) is 0 Å². The summed E-state index contributed by atoms with van der Waals surface area (Å²) in [6.07, 6.45) is 2.80. The van der Waals surface area contributed by atoms with Gasteiger partial charge in [-0.25, -0.2) is 0 Å². The van der Waals surface area contributed by atoms with Crippen molar-refractivity contribution in [2.24, 2.45) is 0 Å². The van der Waals surface area contributed by atoms with Gasteiger partial charge in [-0.05, 0) is 0 Å². The van der Waals surface area contributed by atoms with Gasteiger partial charge in [0.2, 0.25) is 0 Å². The first-order valence-electron chi connectivity index (χ1n) is 2.25. The van der Waals surface area contributed by atoms with E-state index in [2.05, 4.69) is 6.92 Å². The standard InChI is InChI=1S/C4H9.ClH.2Sn/c1-3-4-2;;;/h1,3-4H2,2H3;1H;;/q;;;+1/p-1. The molecule has 0 fully saturated rings. The fraction of sp³-hybridized carbons (Fsp3) is 1.00. The minimum atomic E-state index is 1.02. The maximum absolute atomic E-state index is 4.73. The molecule has 0 N–H and O–H groups in total. The second-order valence-corrected chi connectivity index (χ2v) is 2.53. The summed E-state index contributed by atoms with van der Waals surface area (Å²) in [4.78, 5) is 0.